The van der Waals surface area contributed by atoms with Crippen molar-refractivity contribution in [1.82, 2.24) is 9.78 Å². The molecule has 0 fully saturated rings. The smallest absolute Gasteiger partial charge is 0.303 e. The molecule has 15 heavy (non-hydrogen) atoms. The molecule has 0 saturated carbocycles. The van der Waals surface area contributed by atoms with Crippen molar-refractivity contribution in [1.29, 1.82) is 0 Å². The van der Waals surface area contributed by atoms with Crippen molar-refractivity contribution >= 4 is 5.97 Å². The van der Waals surface area contributed by atoms with Crippen molar-refractivity contribution in [3.8, 4) is 0 Å². The predicted octanol–water partition coefficient (Wildman–Crippen LogP) is 1.56. The molecule has 1 aromatic rings. The van der Waals surface area contributed by atoms with Crippen LogP contribution in [0.2, 0.25) is 0 Å². The van der Waals surface area contributed by atoms with Gasteiger partial charge in [-0.1, -0.05) is 0 Å². The average molecular weight is 218 g/mol. The summed E-state index contributed by atoms with van der Waals surface area (Å²) in [5.41, 5.74) is 0.513. The minimum Gasteiger partial charge on any atom is -0.481 e. The SMILES string of the molecule is CC(F)(F)Cn1nccc1CCC(=O)O. The Morgan fingerprint density at radius 1 is 1.67 bits per heavy atom. The van der Waals surface area contributed by atoms with Crippen molar-refractivity contribution in [3.63, 3.8) is 0 Å². The molecule has 0 saturated heterocycles. The molecule has 0 aliphatic heterocycles. The lowest BCUT2D eigenvalue weighted by Gasteiger charge is -2.12. The fourth-order valence-corrected chi connectivity index (χ4v) is 1.21. The molecule has 1 aromatic heterocycles. The number of carboxylic acid groups (broad SMARTS) is 1. The summed E-state index contributed by atoms with van der Waals surface area (Å²) in [5.74, 6) is -3.80. The molecule has 0 aromatic carbocycles. The second-order valence-corrected chi connectivity index (χ2v) is 3.44. The number of nitrogens with zero attached hydrogens (tertiary/aromatic N) is 2. The summed E-state index contributed by atoms with van der Waals surface area (Å²) in [4.78, 5) is 10.3. The van der Waals surface area contributed by atoms with Gasteiger partial charge in [-0.05, 0) is 12.5 Å². The normalized spacial score (nSPS) is 11.7. The maximum atomic E-state index is 12.7. The van der Waals surface area contributed by atoms with Gasteiger partial charge in [-0.3, -0.25) is 9.48 Å². The second kappa shape index (κ2) is 4.37. The van der Waals surface area contributed by atoms with E-state index < -0.39 is 18.4 Å². The Balaban J connectivity index is 2.65. The quantitative estimate of drug-likeness (QED) is 0.815. The molecule has 4 nitrogen and oxygen atoms in total. The zero-order valence-corrected chi connectivity index (χ0v) is 8.28. The Labute approximate surface area is 85.5 Å². The largest absolute Gasteiger partial charge is 0.481 e. The molecular formula is C9H12F2N2O2. The molecule has 84 valence electrons. The molecule has 0 amide bonds. The number of alkyl halides is 2. The highest BCUT2D eigenvalue weighted by molar-refractivity contribution is 5.66. The number of carboxylic acids is 1. The maximum absolute atomic E-state index is 12.7. The van der Waals surface area contributed by atoms with Gasteiger partial charge in [-0.25, -0.2) is 8.78 Å². The first-order valence-electron chi connectivity index (χ1n) is 4.49. The molecule has 0 unspecified atom stereocenters. The summed E-state index contributed by atoms with van der Waals surface area (Å²) in [6.07, 6.45) is 1.52. The van der Waals surface area contributed by atoms with Crippen LogP contribution in [0.4, 0.5) is 8.78 Å². The van der Waals surface area contributed by atoms with Crippen LogP contribution in [0.1, 0.15) is 19.0 Å². The number of aliphatic carboxylic acids is 1. The summed E-state index contributed by atoms with van der Waals surface area (Å²) in [7, 11) is 0. The molecule has 0 aliphatic rings. The van der Waals surface area contributed by atoms with Crippen molar-refractivity contribution in [2.24, 2.45) is 0 Å². The Bertz CT molecular complexity index is 344. The Kier molecular flexibility index (Phi) is 3.39. The number of hydrogen-bond donors (Lipinski definition) is 1. The molecule has 1 N–H and O–H groups in total. The van der Waals surface area contributed by atoms with Crippen molar-refractivity contribution < 1.29 is 18.7 Å². The first-order valence-corrected chi connectivity index (χ1v) is 4.49. The molecule has 0 radical (unpaired) electrons. The van der Waals surface area contributed by atoms with Crippen molar-refractivity contribution in [2.75, 3.05) is 0 Å². The molecule has 0 atom stereocenters. The third-order valence-corrected chi connectivity index (χ3v) is 1.83. The van der Waals surface area contributed by atoms with Gasteiger partial charge in [0, 0.05) is 18.8 Å². The van der Waals surface area contributed by atoms with Gasteiger partial charge in [0.1, 0.15) is 6.54 Å². The Hall–Kier alpha value is -1.46. The molecule has 1 heterocycles. The number of carbonyl (C=O) groups is 1. The van der Waals surface area contributed by atoms with E-state index in [1.165, 1.54) is 6.20 Å². The van der Waals surface area contributed by atoms with Crippen LogP contribution >= 0.6 is 0 Å². The fraction of sp³-hybridized carbons (Fsp3) is 0.556. The number of aryl methyl sites for hydroxylation is 1. The number of hydrogen-bond acceptors (Lipinski definition) is 2. The van der Waals surface area contributed by atoms with E-state index in [2.05, 4.69) is 5.10 Å². The van der Waals surface area contributed by atoms with E-state index in [9.17, 15) is 13.6 Å². The van der Waals surface area contributed by atoms with Gasteiger partial charge in [0.05, 0.1) is 6.42 Å². The summed E-state index contributed by atoms with van der Waals surface area (Å²) in [6.45, 7) is 0.282. The maximum Gasteiger partial charge on any atom is 0.303 e. The van der Waals surface area contributed by atoms with Crippen LogP contribution in [0.15, 0.2) is 12.3 Å². The molecule has 0 spiro atoms. The van der Waals surface area contributed by atoms with E-state index >= 15 is 0 Å². The summed E-state index contributed by atoms with van der Waals surface area (Å²) < 4.78 is 26.5. The van der Waals surface area contributed by atoms with E-state index in [0.717, 1.165) is 11.6 Å². The minimum absolute atomic E-state index is 0.0824. The van der Waals surface area contributed by atoms with Gasteiger partial charge in [0.25, 0.3) is 5.92 Å². The highest BCUT2D eigenvalue weighted by atomic mass is 19.3. The first kappa shape index (κ1) is 11.6. The molecule has 0 bridgehead atoms. The van der Waals surface area contributed by atoms with E-state index in [1.807, 2.05) is 0 Å². The molecular weight excluding hydrogens is 206 g/mol. The zero-order chi connectivity index (χ0) is 11.5. The van der Waals surface area contributed by atoms with Crippen LogP contribution in [-0.4, -0.2) is 26.8 Å². The molecule has 6 heteroatoms. The van der Waals surface area contributed by atoms with Crippen LogP contribution in [0.5, 0.6) is 0 Å². The van der Waals surface area contributed by atoms with Crippen LogP contribution in [0, 0.1) is 0 Å². The second-order valence-electron chi connectivity index (χ2n) is 3.44. The van der Waals surface area contributed by atoms with E-state index in [-0.39, 0.29) is 12.8 Å². The molecule has 1 rings (SSSR count). The Morgan fingerprint density at radius 3 is 2.87 bits per heavy atom. The highest BCUT2D eigenvalue weighted by Crippen LogP contribution is 2.15. The Morgan fingerprint density at radius 2 is 2.33 bits per heavy atom. The number of aromatic nitrogens is 2. The third-order valence-electron chi connectivity index (χ3n) is 1.83. The number of rotatable bonds is 5. The lowest BCUT2D eigenvalue weighted by molar-refractivity contribution is -0.136. The van der Waals surface area contributed by atoms with E-state index in [1.54, 1.807) is 6.07 Å². The zero-order valence-electron chi connectivity index (χ0n) is 8.28. The monoisotopic (exact) mass is 218 g/mol. The van der Waals surface area contributed by atoms with Crippen LogP contribution < -0.4 is 0 Å². The third kappa shape index (κ3) is 4.05. The molecule has 0 aliphatic carbocycles. The minimum atomic E-state index is -2.84. The van der Waals surface area contributed by atoms with Gasteiger partial charge < -0.3 is 5.11 Å². The summed E-state index contributed by atoms with van der Waals surface area (Å²) in [6, 6.07) is 1.55. The summed E-state index contributed by atoms with van der Waals surface area (Å²) >= 11 is 0. The van der Waals surface area contributed by atoms with Crippen molar-refractivity contribution in [3.05, 3.63) is 18.0 Å². The van der Waals surface area contributed by atoms with Crippen LogP contribution in [0.25, 0.3) is 0 Å². The fourth-order valence-electron chi connectivity index (χ4n) is 1.21. The lowest BCUT2D eigenvalue weighted by atomic mass is 10.2. The van der Waals surface area contributed by atoms with E-state index in [4.69, 9.17) is 5.11 Å². The topological polar surface area (TPSA) is 55.1 Å². The van der Waals surface area contributed by atoms with Gasteiger partial charge in [0.15, 0.2) is 0 Å². The standard InChI is InChI=1S/C9H12F2N2O2/c1-9(10,11)6-13-7(4-5-12-13)2-3-8(14)15/h4-5H,2-3,6H2,1H3,(H,14,15). The number of halogens is 2. The van der Waals surface area contributed by atoms with Crippen molar-refractivity contribution in [2.45, 2.75) is 32.2 Å². The summed E-state index contributed by atoms with van der Waals surface area (Å²) in [5, 5.41) is 12.2. The average Bonchev–Trinajstić information content (AvgIpc) is 2.45. The first-order chi connectivity index (χ1) is 6.88. The predicted molar refractivity (Wildman–Crippen MR) is 48.8 cm³/mol. The van der Waals surface area contributed by atoms with Gasteiger partial charge in [-0.2, -0.15) is 5.10 Å². The van der Waals surface area contributed by atoms with Crippen LogP contribution in [-0.2, 0) is 17.8 Å². The van der Waals surface area contributed by atoms with Gasteiger partial charge in [0.2, 0.25) is 0 Å². The van der Waals surface area contributed by atoms with Crippen LogP contribution in [0.3, 0.4) is 0 Å². The van der Waals surface area contributed by atoms with Gasteiger partial charge >= 0.3 is 5.97 Å². The van der Waals surface area contributed by atoms with Gasteiger partial charge in [-0.15, -0.1) is 0 Å². The highest BCUT2D eigenvalue weighted by Gasteiger charge is 2.23. The lowest BCUT2D eigenvalue weighted by Crippen LogP contribution is -2.21. The van der Waals surface area contributed by atoms with E-state index in [0.29, 0.717) is 5.69 Å².